The normalized spacial score (nSPS) is 19.3. The van der Waals surface area contributed by atoms with E-state index >= 15 is 0 Å². The van der Waals surface area contributed by atoms with Gasteiger partial charge in [-0.2, -0.15) is 10.2 Å². The maximum Gasteiger partial charge on any atom is 0.0949 e. The summed E-state index contributed by atoms with van der Waals surface area (Å²) in [6.45, 7) is 29.1. The number of hydrazine groups is 1. The molecule has 105 heavy (non-hydrogen) atoms. The van der Waals surface area contributed by atoms with E-state index in [0.29, 0.717) is 35.5 Å². The first-order valence-electron chi connectivity index (χ1n) is 40.8. The number of benzene rings is 9. The van der Waals surface area contributed by atoms with Crippen LogP contribution in [0.1, 0.15) is 257 Å². The molecule has 0 fully saturated rings. The fraction of sp³-hybridized carbons (Fsp3) is 0.424. The minimum Gasteiger partial charge on any atom is -0.277 e. The standard InChI is InChI=1S/C99H116I3N3/c1-13-65(7)59-97(60-66(8)14-2)89-52-74(34-46-83(89)86-49-41-79(100)55-92(86)97)25-19-22-71-28-37-77(38-29-71)95-58-96(78-39-30-72(31-40-78)23-20-26-75-35-47-84-87-50-42-80(101)56-93(87)98(90(84)53-75,61-67(9)15-3)62-68(10)16-4)104-105(103-95)82-44-32-73(33-45-82)24-21-27-76-36-48-85-88-51-43-81(102)57-94(88)99(91(85)54-76,63-69(11)17-5)64-70(12)18-6/h28-58,65-70,103H,13-27,59-64H2,1-12H3. The van der Waals surface area contributed by atoms with Gasteiger partial charge in [0.1, 0.15) is 0 Å². The summed E-state index contributed by atoms with van der Waals surface area (Å²) in [6.07, 6.45) is 26.3. The van der Waals surface area contributed by atoms with Gasteiger partial charge in [-0.15, -0.1) is 0 Å². The van der Waals surface area contributed by atoms with Crippen molar-refractivity contribution in [2.24, 2.45) is 40.6 Å². The molecule has 1 heterocycles. The average molecular weight is 1730 g/mol. The zero-order chi connectivity index (χ0) is 73.7. The first-order chi connectivity index (χ1) is 50.8. The number of nitrogens with one attached hydrogen (secondary N) is 1. The third kappa shape index (κ3) is 16.6. The predicted octanol–water partition coefficient (Wildman–Crippen LogP) is 28.2. The van der Waals surface area contributed by atoms with Crippen LogP contribution >= 0.6 is 67.8 Å². The largest absolute Gasteiger partial charge is 0.277 e. The quantitative estimate of drug-likeness (QED) is 0.0415. The van der Waals surface area contributed by atoms with Crippen LogP contribution in [0, 0.1) is 46.2 Å². The predicted molar refractivity (Wildman–Crippen MR) is 476 cm³/mol. The van der Waals surface area contributed by atoms with Crippen molar-refractivity contribution in [2.75, 3.05) is 5.12 Å². The molecule has 0 aromatic heterocycles. The minimum atomic E-state index is 0.0500. The molecule has 6 atom stereocenters. The Morgan fingerprint density at radius 1 is 0.314 bits per heavy atom. The molecule has 1 N–H and O–H groups in total. The van der Waals surface area contributed by atoms with E-state index in [-0.39, 0.29) is 16.2 Å². The van der Waals surface area contributed by atoms with Crippen LogP contribution in [0.2, 0.25) is 0 Å². The molecular weight excluding hydrogens is 1610 g/mol. The fourth-order valence-electron chi connectivity index (χ4n) is 18.9. The lowest BCUT2D eigenvalue weighted by atomic mass is 9.66. The Kier molecular flexibility index (Phi) is 25.0. The maximum atomic E-state index is 5.40. The van der Waals surface area contributed by atoms with E-state index in [1.807, 2.05) is 5.12 Å². The summed E-state index contributed by atoms with van der Waals surface area (Å²) >= 11 is 7.62. The Morgan fingerprint density at radius 3 is 0.876 bits per heavy atom. The van der Waals surface area contributed by atoms with Gasteiger partial charge < -0.3 is 0 Å². The van der Waals surface area contributed by atoms with E-state index in [1.54, 1.807) is 33.4 Å². The molecule has 9 aromatic carbocycles. The molecule has 548 valence electrons. The average Bonchev–Trinajstić information content (AvgIpc) is 1.58. The summed E-state index contributed by atoms with van der Waals surface area (Å²) in [7, 11) is 0. The van der Waals surface area contributed by atoms with Gasteiger partial charge >= 0.3 is 0 Å². The number of hydrogen-bond acceptors (Lipinski definition) is 3. The first-order valence-corrected chi connectivity index (χ1v) is 44.0. The lowest BCUT2D eigenvalue weighted by Gasteiger charge is -2.37. The summed E-state index contributed by atoms with van der Waals surface area (Å²) in [4.78, 5) is 0. The summed E-state index contributed by atoms with van der Waals surface area (Å²) in [5.41, 5.74) is 35.9. The van der Waals surface area contributed by atoms with E-state index in [9.17, 15) is 0 Å². The molecule has 1 aliphatic heterocycles. The molecule has 3 nitrogen and oxygen atoms in total. The Hall–Kier alpha value is -5.82. The van der Waals surface area contributed by atoms with Crippen molar-refractivity contribution in [1.29, 1.82) is 0 Å². The van der Waals surface area contributed by atoms with Crippen LogP contribution in [-0.2, 0) is 54.8 Å². The molecule has 6 unspecified atom stereocenters. The smallest absolute Gasteiger partial charge is 0.0949 e. The number of aryl methyl sites for hydroxylation is 6. The van der Waals surface area contributed by atoms with Crippen molar-refractivity contribution in [1.82, 2.24) is 5.43 Å². The molecule has 0 radical (unpaired) electrons. The van der Waals surface area contributed by atoms with Crippen molar-refractivity contribution in [2.45, 2.75) is 234 Å². The Bertz CT molecular complexity index is 4540. The highest BCUT2D eigenvalue weighted by Crippen LogP contribution is 2.59. The maximum absolute atomic E-state index is 5.40. The highest BCUT2D eigenvalue weighted by Gasteiger charge is 2.48. The summed E-state index contributed by atoms with van der Waals surface area (Å²) in [5, 5.41) is 7.42. The number of halogens is 3. The molecule has 13 rings (SSSR count). The zero-order valence-corrected chi connectivity index (χ0v) is 71.7. The second-order valence-electron chi connectivity index (χ2n) is 33.3. The molecule has 0 saturated heterocycles. The summed E-state index contributed by atoms with van der Waals surface area (Å²) in [6, 6.07) is 72.2. The first kappa shape index (κ1) is 77.3. The number of allylic oxidation sites excluding steroid dienone is 1. The molecular formula is C99H116I3N3. The van der Waals surface area contributed by atoms with Crippen LogP contribution < -0.4 is 10.5 Å². The van der Waals surface area contributed by atoms with Gasteiger partial charge in [0.05, 0.1) is 17.1 Å². The molecule has 6 heteroatoms. The van der Waals surface area contributed by atoms with Crippen molar-refractivity contribution >= 4 is 84.9 Å². The van der Waals surface area contributed by atoms with E-state index in [1.165, 1.54) is 155 Å². The van der Waals surface area contributed by atoms with Crippen molar-refractivity contribution < 1.29 is 0 Å². The highest BCUT2D eigenvalue weighted by molar-refractivity contribution is 14.1. The number of nitrogens with zero attached hydrogens (tertiary/aromatic N) is 2. The van der Waals surface area contributed by atoms with Crippen LogP contribution in [0.25, 0.3) is 39.1 Å². The molecule has 0 saturated carbocycles. The minimum absolute atomic E-state index is 0.0500. The third-order valence-corrected chi connectivity index (χ3v) is 27.7. The lowest BCUT2D eigenvalue weighted by molar-refractivity contribution is 0.308. The van der Waals surface area contributed by atoms with Gasteiger partial charge in [-0.1, -0.05) is 255 Å². The second kappa shape index (κ2) is 34.0. The molecule has 0 spiro atoms. The van der Waals surface area contributed by atoms with Crippen LogP contribution in [0.3, 0.4) is 0 Å². The van der Waals surface area contributed by atoms with Crippen LogP contribution in [0.15, 0.2) is 193 Å². The van der Waals surface area contributed by atoms with Gasteiger partial charge in [-0.25, -0.2) is 0 Å². The number of hydrazone groups is 1. The molecule has 3 aliphatic carbocycles. The van der Waals surface area contributed by atoms with Crippen molar-refractivity contribution in [3.8, 4) is 33.4 Å². The van der Waals surface area contributed by atoms with E-state index in [4.69, 9.17) is 5.10 Å². The van der Waals surface area contributed by atoms with Gasteiger partial charge in [0.25, 0.3) is 0 Å². The number of hydrogen-bond donors (Lipinski definition) is 1. The van der Waals surface area contributed by atoms with Gasteiger partial charge in [0, 0.05) is 32.5 Å². The summed E-state index contributed by atoms with van der Waals surface area (Å²) < 4.78 is 4.03. The van der Waals surface area contributed by atoms with Crippen LogP contribution in [0.5, 0.6) is 0 Å². The third-order valence-electron chi connectivity index (χ3n) is 25.7. The van der Waals surface area contributed by atoms with Gasteiger partial charge in [-0.3, -0.25) is 5.43 Å². The fourth-order valence-corrected chi connectivity index (χ4v) is 20.3. The topological polar surface area (TPSA) is 27.6 Å². The van der Waals surface area contributed by atoms with E-state index in [0.717, 1.165) is 86.0 Å². The lowest BCUT2D eigenvalue weighted by Crippen LogP contribution is -2.36. The SMILES string of the molecule is CCC(C)CC1(CC(C)CC)c2cc(I)ccc2-c2ccc(CCCc3ccc(C4=CC(c5ccc(CCCc6ccc7c(c6)C(CC(C)CC)(CC(C)CC)c6cc(I)ccc6-7)cc5)=NN(c5ccc(CCCc6ccc7c(c6)C(CC(C)CC)(CC(C)CC)c6cc(I)ccc6-7)cc5)N4)cc3)cc21. The van der Waals surface area contributed by atoms with Crippen molar-refractivity contribution in [3.05, 3.63) is 277 Å². The monoisotopic (exact) mass is 1730 g/mol. The Balaban J connectivity index is 0.725. The Labute approximate surface area is 674 Å². The Morgan fingerprint density at radius 2 is 0.571 bits per heavy atom. The molecule has 4 aliphatic rings. The number of fused-ring (bicyclic) bond motifs is 9. The van der Waals surface area contributed by atoms with Crippen molar-refractivity contribution in [3.63, 3.8) is 0 Å². The highest BCUT2D eigenvalue weighted by atomic mass is 127. The van der Waals surface area contributed by atoms with Crippen LogP contribution in [-0.4, -0.2) is 5.71 Å². The van der Waals surface area contributed by atoms with Gasteiger partial charge in [0.2, 0.25) is 0 Å². The van der Waals surface area contributed by atoms with Gasteiger partial charge in [-0.05, 0) is 360 Å². The summed E-state index contributed by atoms with van der Waals surface area (Å²) in [5.74, 6) is 3.90. The molecule has 0 bridgehead atoms. The van der Waals surface area contributed by atoms with E-state index in [2.05, 4.69) is 344 Å². The molecule has 9 aromatic rings. The van der Waals surface area contributed by atoms with Crippen LogP contribution in [0.4, 0.5) is 5.69 Å². The second-order valence-corrected chi connectivity index (χ2v) is 37.1. The number of anilines is 1. The van der Waals surface area contributed by atoms with E-state index < -0.39 is 0 Å². The van der Waals surface area contributed by atoms with Gasteiger partial charge in [0.15, 0.2) is 0 Å². The number of rotatable bonds is 33. The zero-order valence-electron chi connectivity index (χ0n) is 65.2. The molecule has 0 amide bonds.